The minimum absolute atomic E-state index is 0.0470. The van der Waals surface area contributed by atoms with E-state index in [1.807, 2.05) is 32.2 Å². The summed E-state index contributed by atoms with van der Waals surface area (Å²) in [7, 11) is 0. The topological polar surface area (TPSA) is 61.6 Å². The van der Waals surface area contributed by atoms with E-state index in [4.69, 9.17) is 0 Å². The van der Waals surface area contributed by atoms with E-state index < -0.39 is 0 Å². The average Bonchev–Trinajstić information content (AvgIpc) is 2.81. The van der Waals surface area contributed by atoms with Gasteiger partial charge in [-0.05, 0) is 32.4 Å². The molecule has 1 atom stereocenters. The first kappa shape index (κ1) is 12.5. The number of nitrogens with one attached hydrogen (secondary N) is 1. The highest BCUT2D eigenvalue weighted by atomic mass is 32.1. The zero-order valence-electron chi connectivity index (χ0n) is 10.6. The van der Waals surface area contributed by atoms with Gasteiger partial charge in [0.1, 0.15) is 16.9 Å². The number of hydrogen-bond acceptors (Lipinski definition) is 5. The van der Waals surface area contributed by atoms with Crippen LogP contribution < -0.4 is 5.32 Å². The Morgan fingerprint density at radius 2 is 2.22 bits per heavy atom. The van der Waals surface area contributed by atoms with E-state index in [-0.39, 0.29) is 6.04 Å². The van der Waals surface area contributed by atoms with Crippen LogP contribution in [0.4, 0.5) is 5.82 Å². The van der Waals surface area contributed by atoms with Crippen molar-refractivity contribution in [3.8, 4) is 6.07 Å². The summed E-state index contributed by atoms with van der Waals surface area (Å²) >= 11 is 1.59. The minimum atomic E-state index is 0.0470. The van der Waals surface area contributed by atoms with E-state index in [1.54, 1.807) is 17.5 Å². The van der Waals surface area contributed by atoms with E-state index in [2.05, 4.69) is 21.4 Å². The first-order valence-corrected chi connectivity index (χ1v) is 6.54. The number of hydrogen-bond donors (Lipinski definition) is 1. The maximum atomic E-state index is 9.19. The Kier molecular flexibility index (Phi) is 3.58. The fourth-order valence-corrected chi connectivity index (χ4v) is 2.44. The molecule has 2 aromatic heterocycles. The number of aryl methyl sites for hydroxylation is 2. The number of nitriles is 1. The average molecular weight is 258 g/mol. The molecule has 5 heteroatoms. The summed E-state index contributed by atoms with van der Waals surface area (Å²) in [6.45, 7) is 5.86. The Bertz CT molecular complexity index is 584. The molecule has 0 aliphatic rings. The quantitative estimate of drug-likeness (QED) is 0.918. The van der Waals surface area contributed by atoms with Gasteiger partial charge in [0.2, 0.25) is 0 Å². The van der Waals surface area contributed by atoms with Gasteiger partial charge in [-0.3, -0.25) is 0 Å². The second kappa shape index (κ2) is 5.15. The molecule has 0 aromatic carbocycles. The molecule has 1 N–H and O–H groups in total. The Morgan fingerprint density at radius 3 is 2.83 bits per heavy atom. The largest absolute Gasteiger partial charge is 0.360 e. The lowest BCUT2D eigenvalue weighted by atomic mass is 10.1. The van der Waals surface area contributed by atoms with Gasteiger partial charge in [0.25, 0.3) is 0 Å². The monoisotopic (exact) mass is 258 g/mol. The van der Waals surface area contributed by atoms with Gasteiger partial charge in [-0.25, -0.2) is 9.97 Å². The van der Waals surface area contributed by atoms with E-state index >= 15 is 0 Å². The molecule has 0 bridgehead atoms. The fraction of sp³-hybridized carbons (Fsp3) is 0.308. The molecular formula is C13H14N4S. The van der Waals surface area contributed by atoms with Crippen molar-refractivity contribution in [2.45, 2.75) is 26.8 Å². The summed E-state index contributed by atoms with van der Waals surface area (Å²) in [5.74, 6) is 0.637. The molecule has 0 radical (unpaired) electrons. The van der Waals surface area contributed by atoms with Gasteiger partial charge in [0.15, 0.2) is 0 Å². The van der Waals surface area contributed by atoms with Crippen molar-refractivity contribution in [3.63, 3.8) is 0 Å². The number of aromatic nitrogens is 2. The molecule has 2 heterocycles. The molecule has 1 unspecified atom stereocenters. The van der Waals surface area contributed by atoms with Crippen molar-refractivity contribution in [1.29, 1.82) is 5.26 Å². The molecule has 18 heavy (non-hydrogen) atoms. The lowest BCUT2D eigenvalue weighted by Gasteiger charge is -2.14. The highest BCUT2D eigenvalue weighted by Crippen LogP contribution is 2.24. The van der Waals surface area contributed by atoms with Crippen molar-refractivity contribution < 1.29 is 0 Å². The van der Waals surface area contributed by atoms with E-state index in [1.165, 1.54) is 0 Å². The van der Waals surface area contributed by atoms with E-state index in [0.29, 0.717) is 11.4 Å². The molecule has 92 valence electrons. The van der Waals surface area contributed by atoms with Crippen molar-refractivity contribution >= 4 is 17.2 Å². The number of rotatable bonds is 3. The molecule has 0 aliphatic carbocycles. The maximum absolute atomic E-state index is 9.19. The second-order valence-electron chi connectivity index (χ2n) is 4.15. The molecule has 0 fully saturated rings. The zero-order valence-corrected chi connectivity index (χ0v) is 11.4. The highest BCUT2D eigenvalue weighted by molar-refractivity contribution is 7.09. The van der Waals surface area contributed by atoms with Crippen LogP contribution in [0.15, 0.2) is 17.6 Å². The predicted octanol–water partition coefficient (Wildman–Crippen LogP) is 3.20. The van der Waals surface area contributed by atoms with Crippen LogP contribution in [0, 0.1) is 25.2 Å². The number of nitrogens with zero attached hydrogens (tertiary/aromatic N) is 3. The molecule has 0 aliphatic heterocycles. The van der Waals surface area contributed by atoms with Crippen LogP contribution in [0.5, 0.6) is 0 Å². The van der Waals surface area contributed by atoms with Crippen LogP contribution in [0.2, 0.25) is 0 Å². The first-order valence-electron chi connectivity index (χ1n) is 5.66. The van der Waals surface area contributed by atoms with Crippen LogP contribution in [0.25, 0.3) is 0 Å². The number of pyridine rings is 1. The lowest BCUT2D eigenvalue weighted by Crippen LogP contribution is -2.10. The van der Waals surface area contributed by atoms with Crippen LogP contribution >= 0.6 is 11.3 Å². The van der Waals surface area contributed by atoms with Crippen molar-refractivity contribution in [3.05, 3.63) is 39.5 Å². The molecule has 0 saturated carbocycles. The third kappa shape index (κ3) is 2.49. The van der Waals surface area contributed by atoms with Crippen molar-refractivity contribution in [1.82, 2.24) is 9.97 Å². The molecule has 4 nitrogen and oxygen atoms in total. The molecular weight excluding hydrogens is 244 g/mol. The summed E-state index contributed by atoms with van der Waals surface area (Å²) in [5, 5.41) is 15.4. The lowest BCUT2D eigenvalue weighted by molar-refractivity contribution is 0.857. The van der Waals surface area contributed by atoms with Crippen molar-refractivity contribution in [2.75, 3.05) is 5.32 Å². The normalized spacial score (nSPS) is 11.9. The van der Waals surface area contributed by atoms with Gasteiger partial charge in [-0.2, -0.15) is 5.26 Å². The number of anilines is 1. The first-order chi connectivity index (χ1) is 8.61. The Morgan fingerprint density at radius 1 is 1.44 bits per heavy atom. The maximum Gasteiger partial charge on any atom is 0.145 e. The minimum Gasteiger partial charge on any atom is -0.360 e. The summed E-state index contributed by atoms with van der Waals surface area (Å²) < 4.78 is 0. The Labute approximate surface area is 110 Å². The van der Waals surface area contributed by atoms with Crippen LogP contribution in [0.1, 0.15) is 34.8 Å². The molecule has 2 aromatic rings. The van der Waals surface area contributed by atoms with Crippen LogP contribution in [0.3, 0.4) is 0 Å². The van der Waals surface area contributed by atoms with E-state index in [0.717, 1.165) is 16.3 Å². The molecule has 0 saturated heterocycles. The van der Waals surface area contributed by atoms with Gasteiger partial charge < -0.3 is 5.32 Å². The van der Waals surface area contributed by atoms with Gasteiger partial charge in [0.05, 0.1) is 11.6 Å². The molecule has 0 spiro atoms. The van der Waals surface area contributed by atoms with Gasteiger partial charge in [-0.15, -0.1) is 11.3 Å². The van der Waals surface area contributed by atoms with Crippen molar-refractivity contribution in [2.24, 2.45) is 0 Å². The van der Waals surface area contributed by atoms with Gasteiger partial charge in [0, 0.05) is 17.3 Å². The summed E-state index contributed by atoms with van der Waals surface area (Å²) in [6.07, 6.45) is 1.78. The van der Waals surface area contributed by atoms with E-state index in [9.17, 15) is 5.26 Å². The summed E-state index contributed by atoms with van der Waals surface area (Å²) in [5.41, 5.74) is 2.45. The zero-order chi connectivity index (χ0) is 13.1. The smallest absolute Gasteiger partial charge is 0.145 e. The Hall–Kier alpha value is -1.93. The highest BCUT2D eigenvalue weighted by Gasteiger charge is 2.13. The summed E-state index contributed by atoms with van der Waals surface area (Å²) in [4.78, 5) is 8.66. The van der Waals surface area contributed by atoms with Crippen LogP contribution in [-0.4, -0.2) is 9.97 Å². The fourth-order valence-electron chi connectivity index (χ4n) is 1.80. The third-order valence-corrected chi connectivity index (χ3v) is 3.59. The number of thiazole rings is 1. The standard InChI is InChI=1S/C13H14N4S/c1-8-6-9(2)16-12(11(8)7-14)17-10(3)13-15-4-5-18-13/h4-6,10H,1-3H3,(H,16,17). The van der Waals surface area contributed by atoms with Gasteiger partial charge in [-0.1, -0.05) is 0 Å². The second-order valence-corrected chi connectivity index (χ2v) is 5.08. The summed E-state index contributed by atoms with van der Waals surface area (Å²) in [6, 6.07) is 4.16. The van der Waals surface area contributed by atoms with Crippen LogP contribution in [-0.2, 0) is 0 Å². The molecule has 2 rings (SSSR count). The molecule has 0 amide bonds. The third-order valence-electron chi connectivity index (χ3n) is 2.63. The van der Waals surface area contributed by atoms with Gasteiger partial charge >= 0.3 is 0 Å². The Balaban J connectivity index is 2.32. The predicted molar refractivity (Wildman–Crippen MR) is 72.6 cm³/mol. The SMILES string of the molecule is Cc1cc(C)c(C#N)c(NC(C)c2nccs2)n1.